The highest BCUT2D eigenvalue weighted by atomic mass is 19.3. The molecule has 57 heavy (non-hydrogen) atoms. The van der Waals surface area contributed by atoms with Crippen LogP contribution in [0.15, 0.2) is 71.3 Å². The van der Waals surface area contributed by atoms with E-state index in [4.69, 9.17) is 9.40 Å². The number of aromatic nitrogens is 4. The monoisotopic (exact) mass is 774 g/mol. The number of alkyl halides is 2. The molecule has 2 saturated heterocycles. The van der Waals surface area contributed by atoms with Crippen LogP contribution in [0.1, 0.15) is 86.3 Å². The fraction of sp³-hybridized carbons (Fsp3) is 0.395. The third-order valence-corrected chi connectivity index (χ3v) is 11.8. The summed E-state index contributed by atoms with van der Waals surface area (Å²) in [5.74, 6) is -0.997. The van der Waals surface area contributed by atoms with Crippen LogP contribution in [0.4, 0.5) is 20.3 Å². The molecule has 2 unspecified atom stereocenters. The second kappa shape index (κ2) is 15.0. The second-order valence-corrected chi connectivity index (χ2v) is 16.3. The quantitative estimate of drug-likeness (QED) is 0.127. The molecule has 0 spiro atoms. The van der Waals surface area contributed by atoms with Crippen molar-refractivity contribution in [2.24, 2.45) is 10.8 Å². The number of rotatable bonds is 10. The second-order valence-electron chi connectivity index (χ2n) is 16.3. The molecule has 5 aromatic rings. The van der Waals surface area contributed by atoms with E-state index < -0.39 is 29.0 Å². The minimum Gasteiger partial charge on any atom is -0.481 e. The Labute approximate surface area is 328 Å². The van der Waals surface area contributed by atoms with E-state index in [1.165, 1.54) is 0 Å². The number of carboxylic acids is 1. The minimum absolute atomic E-state index is 0.170. The van der Waals surface area contributed by atoms with Gasteiger partial charge < -0.3 is 19.9 Å². The van der Waals surface area contributed by atoms with Gasteiger partial charge in [0.15, 0.2) is 17.2 Å². The number of aliphatic hydroxyl groups is 1. The Bertz CT molecular complexity index is 2460. The van der Waals surface area contributed by atoms with Gasteiger partial charge >= 0.3 is 5.97 Å². The number of pyridine rings is 1. The van der Waals surface area contributed by atoms with Gasteiger partial charge in [-0.2, -0.15) is 5.26 Å². The summed E-state index contributed by atoms with van der Waals surface area (Å²) >= 11 is 0. The van der Waals surface area contributed by atoms with E-state index in [9.17, 15) is 29.1 Å². The van der Waals surface area contributed by atoms with Gasteiger partial charge in [-0.1, -0.05) is 44.2 Å². The van der Waals surface area contributed by atoms with Crippen molar-refractivity contribution in [3.8, 4) is 6.07 Å². The molecule has 2 fully saturated rings. The van der Waals surface area contributed by atoms with E-state index in [0.717, 1.165) is 28.8 Å². The summed E-state index contributed by atoms with van der Waals surface area (Å²) in [5, 5.41) is 32.9. The van der Waals surface area contributed by atoms with Crippen molar-refractivity contribution in [3.05, 3.63) is 101 Å². The van der Waals surface area contributed by atoms with Crippen LogP contribution >= 0.6 is 0 Å². The average molecular weight is 775 g/mol. The number of benzene rings is 2. The summed E-state index contributed by atoms with van der Waals surface area (Å²) in [6, 6.07) is 15.5. The third kappa shape index (κ3) is 7.62. The predicted octanol–water partition coefficient (Wildman–Crippen LogP) is 7.74. The first-order chi connectivity index (χ1) is 27.3. The average Bonchev–Trinajstić information content (AvgIpc) is 3.80. The van der Waals surface area contributed by atoms with E-state index in [-0.39, 0.29) is 17.8 Å². The highest BCUT2D eigenvalue weighted by Crippen LogP contribution is 2.50. The number of carboxylic acid groups (broad SMARTS) is 1. The zero-order valence-electron chi connectivity index (χ0n) is 32.0. The summed E-state index contributed by atoms with van der Waals surface area (Å²) in [4.78, 5) is 33.9. The first-order valence-electron chi connectivity index (χ1n) is 19.2. The van der Waals surface area contributed by atoms with Crippen LogP contribution in [0.2, 0.25) is 0 Å². The van der Waals surface area contributed by atoms with Crippen molar-refractivity contribution in [3.63, 3.8) is 0 Å². The fourth-order valence-corrected chi connectivity index (χ4v) is 8.30. The zero-order valence-corrected chi connectivity index (χ0v) is 32.0. The molecule has 2 aromatic carbocycles. The molecular weight excluding hydrogens is 731 g/mol. The Hall–Kier alpha value is -5.62. The summed E-state index contributed by atoms with van der Waals surface area (Å²) in [6.07, 6.45) is 6.30. The Balaban J connectivity index is 1.03. The Morgan fingerprint density at radius 2 is 1.81 bits per heavy atom. The Morgan fingerprint density at radius 3 is 2.53 bits per heavy atom. The summed E-state index contributed by atoms with van der Waals surface area (Å²) in [5.41, 5.74) is 5.07. The third-order valence-electron chi connectivity index (χ3n) is 11.8. The van der Waals surface area contributed by atoms with Crippen molar-refractivity contribution in [2.45, 2.75) is 71.6 Å². The molecule has 2 aliphatic heterocycles. The molecule has 0 amide bonds. The van der Waals surface area contributed by atoms with Gasteiger partial charge in [0.05, 0.1) is 28.5 Å². The van der Waals surface area contributed by atoms with E-state index in [1.807, 2.05) is 54.6 Å². The van der Waals surface area contributed by atoms with Crippen LogP contribution in [-0.2, 0) is 17.9 Å². The molecule has 3 N–H and O–H groups in total. The number of aliphatic carboxylic acids is 1. The van der Waals surface area contributed by atoms with Crippen LogP contribution in [-0.4, -0.2) is 78.2 Å². The maximum Gasteiger partial charge on any atom is 0.309 e. The molecule has 14 heteroatoms. The molecule has 0 bridgehead atoms. The van der Waals surface area contributed by atoms with Crippen LogP contribution < -0.4 is 5.32 Å². The maximum absolute atomic E-state index is 14.1. The molecule has 5 heterocycles. The number of aliphatic hydroxyl groups excluding tert-OH is 1. The number of likely N-dealkylation sites (tertiary alicyclic amines) is 2. The molecule has 0 saturated carbocycles. The normalized spacial score (nSPS) is 20.9. The molecule has 0 radical (unpaired) electrons. The maximum atomic E-state index is 14.1. The first-order valence-corrected chi connectivity index (χ1v) is 19.2. The Kier molecular flexibility index (Phi) is 10.1. The lowest BCUT2D eigenvalue weighted by atomic mass is 9.68. The highest BCUT2D eigenvalue weighted by molar-refractivity contribution is 5.88. The molecular formula is C43H44F2N8O4. The number of β-amino-alcohol motifs (C(OH)–C–C–N with tert-alkyl or cyclic N) is 1. The number of hydrogen-bond donors (Lipinski definition) is 3. The van der Waals surface area contributed by atoms with Gasteiger partial charge in [-0.25, -0.2) is 23.7 Å². The molecule has 1 aliphatic carbocycles. The molecule has 3 aliphatic rings. The van der Waals surface area contributed by atoms with Crippen LogP contribution in [0, 0.1) is 22.2 Å². The van der Waals surface area contributed by atoms with Gasteiger partial charge in [0, 0.05) is 43.5 Å². The molecule has 2 atom stereocenters. The number of allylic oxidation sites excluding steroid dienone is 4. The number of halogens is 2. The van der Waals surface area contributed by atoms with Crippen molar-refractivity contribution in [1.82, 2.24) is 29.7 Å². The van der Waals surface area contributed by atoms with Crippen LogP contribution in [0.3, 0.4) is 0 Å². The smallest absolute Gasteiger partial charge is 0.309 e. The van der Waals surface area contributed by atoms with E-state index in [1.54, 1.807) is 19.2 Å². The van der Waals surface area contributed by atoms with Crippen molar-refractivity contribution in [1.29, 1.82) is 5.26 Å². The molecule has 8 rings (SSSR count). The molecule has 12 nitrogen and oxygen atoms in total. The predicted molar refractivity (Wildman–Crippen MR) is 211 cm³/mol. The van der Waals surface area contributed by atoms with Gasteiger partial charge in [-0.3, -0.25) is 19.6 Å². The fourth-order valence-electron chi connectivity index (χ4n) is 8.30. The summed E-state index contributed by atoms with van der Waals surface area (Å²) in [7, 11) is 0. The molecule has 3 aromatic heterocycles. The van der Waals surface area contributed by atoms with E-state index in [2.05, 4.69) is 50.0 Å². The van der Waals surface area contributed by atoms with Crippen LogP contribution in [0.25, 0.3) is 27.7 Å². The van der Waals surface area contributed by atoms with Gasteiger partial charge in [0.1, 0.15) is 17.1 Å². The summed E-state index contributed by atoms with van der Waals surface area (Å²) < 4.78 is 34.5. The number of fused-ring (bicyclic) bond motifs is 2. The molecule has 294 valence electrons. The largest absolute Gasteiger partial charge is 0.481 e. The lowest BCUT2D eigenvalue weighted by Crippen LogP contribution is -2.42. The van der Waals surface area contributed by atoms with E-state index >= 15 is 0 Å². The number of carbonyl (C=O) groups is 1. The number of nitrogens with zero attached hydrogens (tertiary/aromatic N) is 7. The number of oxazole rings is 1. The highest BCUT2D eigenvalue weighted by Gasteiger charge is 2.39. The SMILES string of the molecule is CC1(C(=O)O)CCN(Cc2cc(C#N)c3oc(C4C=CC=C(c5cccc(Nc6nc(C(F)F)nc7cc(CN8CCC(O)C8)cnc67)c5)C4(C)C)nc3c2)CC1. The number of nitrogens with one attached hydrogen (secondary N) is 1. The van der Waals surface area contributed by atoms with Crippen molar-refractivity contribution >= 4 is 45.2 Å². The Morgan fingerprint density at radius 1 is 1.04 bits per heavy atom. The van der Waals surface area contributed by atoms with Gasteiger partial charge in [-0.15, -0.1) is 0 Å². The van der Waals surface area contributed by atoms with Crippen molar-refractivity contribution < 1.29 is 28.2 Å². The van der Waals surface area contributed by atoms with Crippen LogP contribution in [0.5, 0.6) is 0 Å². The topological polar surface area (TPSA) is 165 Å². The lowest BCUT2D eigenvalue weighted by Gasteiger charge is -2.36. The van der Waals surface area contributed by atoms with E-state index in [0.29, 0.717) is 91.3 Å². The number of piperidine rings is 1. The zero-order chi connectivity index (χ0) is 40.1. The van der Waals surface area contributed by atoms with Gasteiger partial charge in [-0.05, 0) is 91.9 Å². The number of hydrogen-bond acceptors (Lipinski definition) is 11. The van der Waals surface area contributed by atoms with Gasteiger partial charge in [0.2, 0.25) is 5.89 Å². The number of anilines is 2. The lowest BCUT2D eigenvalue weighted by molar-refractivity contribution is -0.150. The van der Waals surface area contributed by atoms with Gasteiger partial charge in [0.25, 0.3) is 6.43 Å². The number of nitriles is 1. The van der Waals surface area contributed by atoms with Crippen molar-refractivity contribution in [2.75, 3.05) is 31.5 Å². The first kappa shape index (κ1) is 38.3. The standard InChI is InChI=1S/C43H44F2N8O4/c1-42(2)31(8-5-9-32(42)40-50-34-17-25(16-28(20-46)36(34)57-40)22-52-14-11-43(3,12-15-52)41(55)56)27-6-4-7-29(19-27)48-38-35-33(49-39(51-38)37(44)45)18-26(21-47-35)23-53-13-10-30(54)24-53/h4-9,16-19,21,30,32,37,54H,10-15,22-24H2,1-3H3,(H,55,56)(H,48,49,51). The minimum atomic E-state index is -2.88. The summed E-state index contributed by atoms with van der Waals surface area (Å²) in [6.45, 7) is 9.70.